The Morgan fingerprint density at radius 2 is 1.93 bits per heavy atom. The molecule has 3 aliphatic rings. The third kappa shape index (κ3) is 5.09. The van der Waals surface area contributed by atoms with Gasteiger partial charge in [0, 0.05) is 48.9 Å². The van der Waals surface area contributed by atoms with Gasteiger partial charge in [0.05, 0.1) is 30.8 Å². The van der Waals surface area contributed by atoms with Crippen molar-refractivity contribution in [3.8, 4) is 12.1 Å². The Hall–Kier alpha value is -4.10. The summed E-state index contributed by atoms with van der Waals surface area (Å²) < 4.78 is 6.24. The van der Waals surface area contributed by atoms with Gasteiger partial charge in [-0.3, -0.25) is 0 Å². The monoisotopic (exact) mass is 541 g/mol. The fourth-order valence-electron chi connectivity index (χ4n) is 6.34. The van der Waals surface area contributed by atoms with Crippen LogP contribution in [0.4, 0.5) is 16.3 Å². The molecule has 2 saturated heterocycles. The Morgan fingerprint density at radius 3 is 2.73 bits per heavy atom. The number of nitriles is 1. The molecular weight excluding hydrogens is 506 g/mol. The van der Waals surface area contributed by atoms with E-state index in [4.69, 9.17) is 14.7 Å². The van der Waals surface area contributed by atoms with Crippen LogP contribution in [0.2, 0.25) is 0 Å². The third-order valence-corrected chi connectivity index (χ3v) is 8.56. The molecule has 1 amide bonds. The fraction of sp³-hybridized carbons (Fsp3) is 0.467. The topological polar surface area (TPSA) is 109 Å². The molecule has 2 fully saturated rings. The summed E-state index contributed by atoms with van der Waals surface area (Å²) in [6.45, 7) is 4.31. The van der Waals surface area contributed by atoms with E-state index in [9.17, 15) is 15.2 Å². The van der Waals surface area contributed by atoms with Gasteiger partial charge in [-0.2, -0.15) is 15.2 Å². The molecule has 40 heavy (non-hydrogen) atoms. The van der Waals surface area contributed by atoms with Crippen LogP contribution in [0.1, 0.15) is 30.5 Å². The number of amides is 1. The van der Waals surface area contributed by atoms with Crippen molar-refractivity contribution in [2.75, 3.05) is 56.2 Å². The summed E-state index contributed by atoms with van der Waals surface area (Å²) in [5.41, 5.74) is 3.21. The zero-order valence-corrected chi connectivity index (χ0v) is 22.9. The number of hydrogen-bond acceptors (Lipinski definition) is 8. The summed E-state index contributed by atoms with van der Waals surface area (Å²) in [6.07, 6.45) is 2.18. The molecule has 2 unspecified atom stereocenters. The molecule has 0 radical (unpaired) electrons. The van der Waals surface area contributed by atoms with Gasteiger partial charge in [0.1, 0.15) is 12.4 Å². The lowest BCUT2D eigenvalue weighted by atomic mass is 10.0. The van der Waals surface area contributed by atoms with Gasteiger partial charge in [-0.1, -0.05) is 36.4 Å². The van der Waals surface area contributed by atoms with Crippen molar-refractivity contribution in [3.63, 3.8) is 0 Å². The molecule has 3 aliphatic heterocycles. The molecule has 0 aliphatic carbocycles. The summed E-state index contributed by atoms with van der Waals surface area (Å²) in [5, 5.41) is 21.5. The van der Waals surface area contributed by atoms with Crippen molar-refractivity contribution in [3.05, 3.63) is 53.7 Å². The predicted molar refractivity (Wildman–Crippen MR) is 153 cm³/mol. The van der Waals surface area contributed by atoms with E-state index in [1.807, 2.05) is 0 Å². The third-order valence-electron chi connectivity index (χ3n) is 8.56. The molecule has 1 N–H and O–H groups in total. The van der Waals surface area contributed by atoms with Gasteiger partial charge in [0.2, 0.25) is 0 Å². The van der Waals surface area contributed by atoms with Crippen LogP contribution in [0.15, 0.2) is 42.5 Å². The lowest BCUT2D eigenvalue weighted by Crippen LogP contribution is -2.55. The second kappa shape index (κ2) is 11.2. The van der Waals surface area contributed by atoms with Crippen LogP contribution in [-0.2, 0) is 13.0 Å². The standard InChI is InChI=1S/C30H35N7O3/c1-34-14-5-8-23(34)20-40-29-32-26-19-35(27-10-4-7-21-6-2-3-9-24(21)27)15-12-25(26)28(33-29)36-16-17-37(30(38)39)22(18-36)11-13-31/h2-4,6-7,9-10,22-23H,5,8,11-12,14-20H2,1H3,(H,38,39). The Kier molecular flexibility index (Phi) is 7.30. The second-order valence-electron chi connectivity index (χ2n) is 11.0. The predicted octanol–water partition coefficient (Wildman–Crippen LogP) is 3.75. The molecule has 2 aromatic carbocycles. The Bertz CT molecular complexity index is 1440. The lowest BCUT2D eigenvalue weighted by Gasteiger charge is -2.41. The molecule has 3 aromatic rings. The van der Waals surface area contributed by atoms with Gasteiger partial charge in [0.15, 0.2) is 0 Å². The smallest absolute Gasteiger partial charge is 0.407 e. The SMILES string of the molecule is CN1CCCC1COc1nc2c(c(N3CCN(C(=O)O)C(CC#N)C3)n1)CCN(c1cccc3ccccc13)C2. The zero-order valence-electron chi connectivity index (χ0n) is 22.9. The molecule has 10 heteroatoms. The highest BCUT2D eigenvalue weighted by atomic mass is 16.5. The van der Waals surface area contributed by atoms with Gasteiger partial charge >= 0.3 is 12.1 Å². The van der Waals surface area contributed by atoms with E-state index in [0.29, 0.717) is 44.8 Å². The quantitative estimate of drug-likeness (QED) is 0.499. The van der Waals surface area contributed by atoms with E-state index in [0.717, 1.165) is 49.4 Å². The largest absolute Gasteiger partial charge is 0.465 e. The summed E-state index contributed by atoms with van der Waals surface area (Å²) >= 11 is 0. The highest BCUT2D eigenvalue weighted by Crippen LogP contribution is 2.35. The van der Waals surface area contributed by atoms with Crippen molar-refractivity contribution < 1.29 is 14.6 Å². The van der Waals surface area contributed by atoms with Crippen molar-refractivity contribution in [2.45, 2.75) is 44.3 Å². The van der Waals surface area contributed by atoms with Crippen molar-refractivity contribution in [2.24, 2.45) is 0 Å². The first-order valence-electron chi connectivity index (χ1n) is 14.1. The van der Waals surface area contributed by atoms with Gasteiger partial charge in [-0.05, 0) is 44.3 Å². The number of nitrogens with zero attached hydrogens (tertiary/aromatic N) is 7. The van der Waals surface area contributed by atoms with E-state index in [1.165, 1.54) is 21.4 Å². The number of likely N-dealkylation sites (tertiary alicyclic amines) is 1. The fourth-order valence-corrected chi connectivity index (χ4v) is 6.34. The Morgan fingerprint density at radius 1 is 1.07 bits per heavy atom. The Balaban J connectivity index is 1.33. The van der Waals surface area contributed by atoms with Crippen LogP contribution in [0, 0.1) is 11.3 Å². The minimum atomic E-state index is -0.986. The first kappa shape index (κ1) is 26.1. The molecule has 0 bridgehead atoms. The van der Waals surface area contributed by atoms with Crippen LogP contribution in [0.5, 0.6) is 6.01 Å². The number of fused-ring (bicyclic) bond motifs is 2. The zero-order chi connectivity index (χ0) is 27.6. The normalized spacial score (nSPS) is 21.4. The number of likely N-dealkylation sites (N-methyl/N-ethyl adjacent to an activating group) is 1. The number of carboxylic acid groups (broad SMARTS) is 1. The minimum absolute atomic E-state index is 0.141. The number of piperazine rings is 1. The number of ether oxygens (including phenoxy) is 1. The maximum Gasteiger partial charge on any atom is 0.407 e. The van der Waals surface area contributed by atoms with E-state index >= 15 is 0 Å². The van der Waals surface area contributed by atoms with Crippen LogP contribution in [-0.4, -0.2) is 89.4 Å². The van der Waals surface area contributed by atoms with E-state index in [-0.39, 0.29) is 6.42 Å². The highest BCUT2D eigenvalue weighted by Gasteiger charge is 2.34. The van der Waals surface area contributed by atoms with E-state index in [1.54, 1.807) is 0 Å². The van der Waals surface area contributed by atoms with E-state index < -0.39 is 12.1 Å². The summed E-state index contributed by atoms with van der Waals surface area (Å²) in [6, 6.07) is 17.3. The van der Waals surface area contributed by atoms with Crippen LogP contribution >= 0.6 is 0 Å². The van der Waals surface area contributed by atoms with Gasteiger partial charge in [-0.15, -0.1) is 0 Å². The van der Waals surface area contributed by atoms with Crippen molar-refractivity contribution in [1.82, 2.24) is 19.8 Å². The number of hydrogen-bond donors (Lipinski definition) is 1. The summed E-state index contributed by atoms with van der Waals surface area (Å²) in [5.74, 6) is 0.810. The molecular formula is C30H35N7O3. The van der Waals surface area contributed by atoms with Gasteiger partial charge in [0.25, 0.3) is 0 Å². The number of carbonyl (C=O) groups is 1. The average molecular weight is 542 g/mol. The molecule has 1 aromatic heterocycles. The first-order chi connectivity index (χ1) is 19.5. The summed E-state index contributed by atoms with van der Waals surface area (Å²) in [7, 11) is 2.12. The molecule has 10 nitrogen and oxygen atoms in total. The second-order valence-corrected chi connectivity index (χ2v) is 11.0. The highest BCUT2D eigenvalue weighted by molar-refractivity contribution is 5.94. The molecule has 0 spiro atoms. The van der Waals surface area contributed by atoms with E-state index in [2.05, 4.69) is 70.3 Å². The van der Waals surface area contributed by atoms with Gasteiger partial charge in [-0.25, -0.2) is 4.79 Å². The molecule has 208 valence electrons. The van der Waals surface area contributed by atoms with Crippen LogP contribution in [0.3, 0.4) is 0 Å². The van der Waals surface area contributed by atoms with Crippen molar-refractivity contribution >= 4 is 28.4 Å². The Labute approximate surface area is 234 Å². The maximum atomic E-state index is 11.8. The number of rotatable bonds is 6. The lowest BCUT2D eigenvalue weighted by molar-refractivity contribution is 0.119. The van der Waals surface area contributed by atoms with Crippen LogP contribution in [0.25, 0.3) is 10.8 Å². The molecule has 4 heterocycles. The summed E-state index contributed by atoms with van der Waals surface area (Å²) in [4.78, 5) is 29.9. The number of aromatic nitrogens is 2. The first-order valence-corrected chi connectivity index (χ1v) is 14.1. The number of anilines is 2. The van der Waals surface area contributed by atoms with Crippen LogP contribution < -0.4 is 14.5 Å². The van der Waals surface area contributed by atoms with Crippen molar-refractivity contribution in [1.29, 1.82) is 5.26 Å². The number of benzene rings is 2. The minimum Gasteiger partial charge on any atom is -0.465 e. The molecule has 6 rings (SSSR count). The van der Waals surface area contributed by atoms with Gasteiger partial charge < -0.3 is 29.4 Å². The molecule has 2 atom stereocenters. The maximum absolute atomic E-state index is 11.8. The molecule has 0 saturated carbocycles. The average Bonchev–Trinajstić information content (AvgIpc) is 3.39.